The number of nitrogens with one attached hydrogen (secondary N) is 2. The molecule has 0 saturated carbocycles. The van der Waals surface area contributed by atoms with Crippen LogP contribution in [0.3, 0.4) is 0 Å². The summed E-state index contributed by atoms with van der Waals surface area (Å²) in [4.78, 5) is 19.6. The van der Waals surface area contributed by atoms with Crippen molar-refractivity contribution in [3.05, 3.63) is 53.6 Å². The zero-order valence-electron chi connectivity index (χ0n) is 16.8. The fourth-order valence-electron chi connectivity index (χ4n) is 3.64. The van der Waals surface area contributed by atoms with Crippen molar-refractivity contribution in [1.82, 2.24) is 15.3 Å². The van der Waals surface area contributed by atoms with Gasteiger partial charge in [-0.3, -0.25) is 4.79 Å². The van der Waals surface area contributed by atoms with Crippen LogP contribution >= 0.6 is 0 Å². The summed E-state index contributed by atoms with van der Waals surface area (Å²) in [5, 5.41) is 3.76. The van der Waals surface area contributed by atoms with Crippen LogP contribution in [0, 0.1) is 12.7 Å². The van der Waals surface area contributed by atoms with Crippen LogP contribution in [-0.2, 0) is 16.0 Å². The fourth-order valence-corrected chi connectivity index (χ4v) is 3.64. The number of amides is 1. The number of nitrogens with zero attached hydrogens (tertiary/aromatic N) is 1. The van der Waals surface area contributed by atoms with Crippen LogP contribution in [0.2, 0.25) is 0 Å². The van der Waals surface area contributed by atoms with E-state index in [9.17, 15) is 9.18 Å². The molecule has 0 radical (unpaired) electrons. The molecular formula is C22H25FN4O3. The number of aromatic amines is 1. The maximum absolute atomic E-state index is 14.7. The largest absolute Gasteiger partial charge is 0.453 e. The molecule has 4 N–H and O–H groups in total. The Hall–Kier alpha value is -2.97. The molecule has 0 spiro atoms. The number of aromatic nitrogens is 2. The highest BCUT2D eigenvalue weighted by molar-refractivity contribution is 5.86. The summed E-state index contributed by atoms with van der Waals surface area (Å²) < 4.78 is 25.8. The Bertz CT molecular complexity index is 1050. The van der Waals surface area contributed by atoms with Crippen LogP contribution in [0.5, 0.6) is 11.5 Å². The smallest absolute Gasteiger partial charge is 0.237 e. The lowest BCUT2D eigenvalue weighted by molar-refractivity contribution is -0.123. The van der Waals surface area contributed by atoms with E-state index in [4.69, 9.17) is 15.2 Å². The lowest BCUT2D eigenvalue weighted by Gasteiger charge is -2.24. The van der Waals surface area contributed by atoms with Crippen LogP contribution in [0.1, 0.15) is 24.0 Å². The van der Waals surface area contributed by atoms with Gasteiger partial charge in [-0.25, -0.2) is 9.37 Å². The Morgan fingerprint density at radius 3 is 2.93 bits per heavy atom. The molecule has 0 unspecified atom stereocenters. The van der Waals surface area contributed by atoms with Gasteiger partial charge in [0.15, 0.2) is 11.6 Å². The number of hydrogen-bond donors (Lipinski definition) is 3. The summed E-state index contributed by atoms with van der Waals surface area (Å²) in [7, 11) is 0. The van der Waals surface area contributed by atoms with Crippen molar-refractivity contribution < 1.29 is 18.7 Å². The molecule has 2 aromatic heterocycles. The van der Waals surface area contributed by atoms with E-state index in [1.165, 1.54) is 6.07 Å². The van der Waals surface area contributed by atoms with Crippen LogP contribution in [0.15, 0.2) is 36.7 Å². The molecule has 4 rings (SSSR count). The summed E-state index contributed by atoms with van der Waals surface area (Å²) in [6.07, 6.45) is 5.24. The molecule has 7 nitrogen and oxygen atoms in total. The molecule has 0 bridgehead atoms. The second-order valence-corrected chi connectivity index (χ2v) is 7.58. The lowest BCUT2D eigenvalue weighted by atomic mass is 10.0. The first kappa shape index (κ1) is 20.3. The van der Waals surface area contributed by atoms with E-state index in [1.807, 2.05) is 13.1 Å². The second-order valence-electron chi connectivity index (χ2n) is 7.58. The Morgan fingerprint density at radius 2 is 2.17 bits per heavy atom. The number of pyridine rings is 1. The molecule has 3 aromatic rings. The summed E-state index contributed by atoms with van der Waals surface area (Å²) in [6, 6.07) is 5.68. The predicted octanol–water partition coefficient (Wildman–Crippen LogP) is 2.97. The third-order valence-corrected chi connectivity index (χ3v) is 5.31. The zero-order valence-corrected chi connectivity index (χ0v) is 16.8. The van der Waals surface area contributed by atoms with Gasteiger partial charge in [-0.2, -0.15) is 0 Å². The van der Waals surface area contributed by atoms with Crippen LogP contribution in [-0.4, -0.2) is 41.2 Å². The number of benzene rings is 1. The van der Waals surface area contributed by atoms with Gasteiger partial charge in [-0.05, 0) is 55.5 Å². The van der Waals surface area contributed by atoms with E-state index >= 15 is 0 Å². The van der Waals surface area contributed by atoms with Crippen molar-refractivity contribution in [2.24, 2.45) is 5.73 Å². The standard InChI is InChI=1S/C22H25FN4O3/c1-13-12-26-21-20(13)19(4-7-25-21)30-18-3-2-14(10-16(18)23)11-17(24)22(28)27-15-5-8-29-9-6-15/h2-4,7,10,12,15,17H,5-6,8-9,11,24H2,1H3,(H,25,26)(H,27,28)/t17-/m1/s1. The van der Waals surface area contributed by atoms with Gasteiger partial charge in [0.2, 0.25) is 5.91 Å². The molecule has 0 aliphatic carbocycles. The highest BCUT2D eigenvalue weighted by atomic mass is 19.1. The molecule has 8 heteroatoms. The SMILES string of the molecule is Cc1c[nH]c2nccc(Oc3ccc(C[C@@H](N)C(=O)NC4CCOCC4)cc3F)c12. The third-order valence-electron chi connectivity index (χ3n) is 5.31. The zero-order chi connectivity index (χ0) is 21.1. The molecule has 1 aliphatic rings. The van der Waals surface area contributed by atoms with Gasteiger partial charge in [0.1, 0.15) is 11.4 Å². The number of nitrogens with two attached hydrogens (primary N) is 1. The Balaban J connectivity index is 1.42. The van der Waals surface area contributed by atoms with Crippen molar-refractivity contribution in [2.75, 3.05) is 13.2 Å². The Labute approximate surface area is 173 Å². The summed E-state index contributed by atoms with van der Waals surface area (Å²) in [5.41, 5.74) is 8.32. The first-order valence-corrected chi connectivity index (χ1v) is 10.0. The molecule has 1 aliphatic heterocycles. The van der Waals surface area contributed by atoms with E-state index in [0.29, 0.717) is 30.2 Å². The first-order chi connectivity index (χ1) is 14.5. The predicted molar refractivity (Wildman–Crippen MR) is 111 cm³/mol. The van der Waals surface area contributed by atoms with Crippen LogP contribution < -0.4 is 15.8 Å². The normalized spacial score (nSPS) is 15.8. The highest BCUT2D eigenvalue weighted by Gasteiger charge is 2.21. The molecule has 30 heavy (non-hydrogen) atoms. The van der Waals surface area contributed by atoms with Gasteiger partial charge in [0, 0.05) is 31.6 Å². The maximum atomic E-state index is 14.7. The number of carbonyl (C=O) groups is 1. The number of halogens is 1. The number of ether oxygens (including phenoxy) is 2. The van der Waals surface area contributed by atoms with Gasteiger partial charge in [0.05, 0.1) is 11.4 Å². The van der Waals surface area contributed by atoms with Gasteiger partial charge in [-0.1, -0.05) is 6.07 Å². The Kier molecular flexibility index (Phi) is 5.96. The average molecular weight is 412 g/mol. The average Bonchev–Trinajstić information content (AvgIpc) is 3.12. The number of aryl methyl sites for hydroxylation is 1. The monoisotopic (exact) mass is 412 g/mol. The maximum Gasteiger partial charge on any atom is 0.237 e. The third kappa shape index (κ3) is 4.44. The van der Waals surface area contributed by atoms with Gasteiger partial charge in [0.25, 0.3) is 0 Å². The van der Waals surface area contributed by atoms with Gasteiger partial charge >= 0.3 is 0 Å². The van der Waals surface area contributed by atoms with Gasteiger partial charge < -0.3 is 25.5 Å². The van der Waals surface area contributed by atoms with E-state index < -0.39 is 11.9 Å². The molecule has 1 fully saturated rings. The van der Waals surface area contributed by atoms with E-state index in [1.54, 1.807) is 24.4 Å². The van der Waals surface area contributed by atoms with Crippen LogP contribution in [0.25, 0.3) is 11.0 Å². The minimum atomic E-state index is -0.749. The van der Waals surface area contributed by atoms with Crippen molar-refractivity contribution in [3.8, 4) is 11.5 Å². The van der Waals surface area contributed by atoms with Crippen molar-refractivity contribution in [1.29, 1.82) is 0 Å². The number of H-pyrrole nitrogens is 1. The molecule has 1 saturated heterocycles. The molecule has 1 atom stereocenters. The summed E-state index contributed by atoms with van der Waals surface area (Å²) in [5.74, 6) is -0.113. The van der Waals surface area contributed by atoms with E-state index in [0.717, 1.165) is 23.8 Å². The molecular weight excluding hydrogens is 387 g/mol. The Morgan fingerprint density at radius 1 is 1.37 bits per heavy atom. The van der Waals surface area contributed by atoms with Gasteiger partial charge in [-0.15, -0.1) is 0 Å². The summed E-state index contributed by atoms with van der Waals surface area (Å²) >= 11 is 0. The first-order valence-electron chi connectivity index (χ1n) is 10.0. The number of hydrogen-bond acceptors (Lipinski definition) is 5. The second kappa shape index (κ2) is 8.81. The molecule has 1 aromatic carbocycles. The van der Waals surface area contributed by atoms with Crippen molar-refractivity contribution in [2.45, 2.75) is 38.3 Å². The minimum Gasteiger partial charge on any atom is -0.453 e. The number of rotatable bonds is 6. The van der Waals surface area contributed by atoms with Crippen molar-refractivity contribution in [3.63, 3.8) is 0 Å². The fraction of sp³-hybridized carbons (Fsp3) is 0.364. The van der Waals surface area contributed by atoms with Crippen molar-refractivity contribution >= 4 is 16.9 Å². The quantitative estimate of drug-likeness (QED) is 0.578. The molecule has 3 heterocycles. The molecule has 1 amide bonds. The highest BCUT2D eigenvalue weighted by Crippen LogP contribution is 2.32. The van der Waals surface area contributed by atoms with E-state index in [2.05, 4.69) is 15.3 Å². The number of carbonyl (C=O) groups excluding carboxylic acids is 1. The topological polar surface area (TPSA) is 102 Å². The summed E-state index contributed by atoms with van der Waals surface area (Å²) in [6.45, 7) is 3.21. The minimum absolute atomic E-state index is 0.0823. The van der Waals surface area contributed by atoms with Crippen LogP contribution in [0.4, 0.5) is 4.39 Å². The van der Waals surface area contributed by atoms with E-state index in [-0.39, 0.29) is 24.1 Å². The number of fused-ring (bicyclic) bond motifs is 1. The molecule has 158 valence electrons. The lowest BCUT2D eigenvalue weighted by Crippen LogP contribution is -2.48.